The van der Waals surface area contributed by atoms with E-state index in [-0.39, 0.29) is 22.8 Å². The Labute approximate surface area is 198 Å². The minimum absolute atomic E-state index is 0.0630. The number of nitrogens with zero attached hydrogens (tertiary/aromatic N) is 2. The molecule has 0 saturated heterocycles. The van der Waals surface area contributed by atoms with Gasteiger partial charge in [-0.25, -0.2) is 0 Å². The van der Waals surface area contributed by atoms with E-state index in [9.17, 15) is 29.8 Å². The molecule has 0 radical (unpaired) electrons. The molecule has 0 aliphatic carbocycles. The molecule has 1 unspecified atom stereocenters. The van der Waals surface area contributed by atoms with E-state index in [2.05, 4.69) is 10.6 Å². The summed E-state index contributed by atoms with van der Waals surface area (Å²) in [5.41, 5.74) is 1.08. The number of amides is 2. The van der Waals surface area contributed by atoms with Crippen molar-refractivity contribution in [3.05, 3.63) is 98.6 Å². The van der Waals surface area contributed by atoms with Crippen molar-refractivity contribution in [2.45, 2.75) is 23.5 Å². The summed E-state index contributed by atoms with van der Waals surface area (Å²) in [4.78, 5) is 46.4. The van der Waals surface area contributed by atoms with Gasteiger partial charge in [-0.05, 0) is 48.9 Å². The molecule has 34 heavy (non-hydrogen) atoms. The van der Waals surface area contributed by atoms with Crippen LogP contribution in [0, 0.1) is 20.2 Å². The summed E-state index contributed by atoms with van der Waals surface area (Å²) >= 11 is 1.32. The van der Waals surface area contributed by atoms with Gasteiger partial charge in [-0.3, -0.25) is 29.8 Å². The highest BCUT2D eigenvalue weighted by atomic mass is 32.2. The van der Waals surface area contributed by atoms with Crippen molar-refractivity contribution >= 4 is 46.3 Å². The van der Waals surface area contributed by atoms with Gasteiger partial charge in [-0.1, -0.05) is 13.0 Å². The summed E-state index contributed by atoms with van der Waals surface area (Å²) in [5.74, 6) is -0.665. The minimum Gasteiger partial charge on any atom is -0.325 e. The van der Waals surface area contributed by atoms with E-state index in [0.717, 1.165) is 4.90 Å². The van der Waals surface area contributed by atoms with Gasteiger partial charge in [-0.2, -0.15) is 0 Å². The number of thioether (sulfide) groups is 1. The van der Waals surface area contributed by atoms with Crippen molar-refractivity contribution < 1.29 is 19.4 Å². The molecule has 3 aromatic carbocycles. The van der Waals surface area contributed by atoms with Crippen LogP contribution in [0.5, 0.6) is 0 Å². The Morgan fingerprint density at radius 2 is 1.44 bits per heavy atom. The predicted octanol–water partition coefficient (Wildman–Crippen LogP) is 5.26. The van der Waals surface area contributed by atoms with Crippen LogP contribution in [0.2, 0.25) is 0 Å². The number of non-ortho nitro benzene ring substituents is 2. The lowest BCUT2D eigenvalue weighted by atomic mass is 10.2. The summed E-state index contributed by atoms with van der Waals surface area (Å²) in [6.07, 6.45) is 0.531. The molecule has 174 valence electrons. The zero-order valence-electron chi connectivity index (χ0n) is 18.0. The first-order valence-corrected chi connectivity index (χ1v) is 11.0. The van der Waals surface area contributed by atoms with Gasteiger partial charge in [0.05, 0.1) is 15.1 Å². The fourth-order valence-corrected chi connectivity index (χ4v) is 3.97. The Morgan fingerprint density at radius 1 is 0.853 bits per heavy atom. The number of nitro benzene ring substituents is 2. The normalized spacial score (nSPS) is 11.3. The predicted molar refractivity (Wildman–Crippen MR) is 129 cm³/mol. The average molecular weight is 481 g/mol. The molecule has 3 rings (SSSR count). The number of rotatable bonds is 9. The van der Waals surface area contributed by atoms with Crippen LogP contribution in [0.15, 0.2) is 77.7 Å². The zero-order valence-corrected chi connectivity index (χ0v) is 18.8. The van der Waals surface area contributed by atoms with Crippen molar-refractivity contribution in [3.63, 3.8) is 0 Å². The maximum Gasteiger partial charge on any atom is 0.269 e. The smallest absolute Gasteiger partial charge is 0.269 e. The number of benzene rings is 3. The standard InChI is InChI=1S/C23H20N4O6S/c1-2-21(23(29)24-16-8-12-19(13-9-16)27(32)33)34-20-5-3-4-17(14-20)25-22(28)15-6-10-18(11-7-15)26(30)31/h3-14,21H,2H2,1H3,(H,24,29)(H,25,28). The molecule has 10 nitrogen and oxygen atoms in total. The van der Waals surface area contributed by atoms with E-state index in [1.807, 2.05) is 13.0 Å². The molecule has 0 aromatic heterocycles. The molecule has 0 bridgehead atoms. The summed E-state index contributed by atoms with van der Waals surface area (Å²) < 4.78 is 0. The molecule has 0 saturated carbocycles. The third-order valence-electron chi connectivity index (χ3n) is 4.72. The number of nitrogens with one attached hydrogen (secondary N) is 2. The van der Waals surface area contributed by atoms with Crippen molar-refractivity contribution in [1.82, 2.24) is 0 Å². The Morgan fingerprint density at radius 3 is 2.00 bits per heavy atom. The summed E-state index contributed by atoms with van der Waals surface area (Å²) in [6, 6.07) is 17.9. The lowest BCUT2D eigenvalue weighted by Crippen LogP contribution is -2.24. The first-order chi connectivity index (χ1) is 16.3. The molecule has 0 spiro atoms. The summed E-state index contributed by atoms with van der Waals surface area (Å²) in [7, 11) is 0. The molecular formula is C23H20N4O6S. The number of carbonyl (C=O) groups is 2. The van der Waals surface area contributed by atoms with Crippen molar-refractivity contribution in [1.29, 1.82) is 0 Å². The van der Waals surface area contributed by atoms with Crippen molar-refractivity contribution in [3.8, 4) is 0 Å². The lowest BCUT2D eigenvalue weighted by Gasteiger charge is -2.15. The number of carbonyl (C=O) groups excluding carboxylic acids is 2. The Hall–Kier alpha value is -4.25. The zero-order chi connectivity index (χ0) is 24.7. The van der Waals surface area contributed by atoms with Crippen LogP contribution in [0.4, 0.5) is 22.7 Å². The minimum atomic E-state index is -0.537. The van der Waals surface area contributed by atoms with E-state index in [0.29, 0.717) is 17.8 Å². The van der Waals surface area contributed by atoms with Crippen LogP contribution < -0.4 is 10.6 Å². The van der Waals surface area contributed by atoms with Crippen molar-refractivity contribution in [2.75, 3.05) is 10.6 Å². The molecule has 1 atom stereocenters. The average Bonchev–Trinajstić information content (AvgIpc) is 2.83. The first-order valence-electron chi connectivity index (χ1n) is 10.1. The molecule has 2 N–H and O–H groups in total. The van der Waals surface area contributed by atoms with Gasteiger partial charge >= 0.3 is 0 Å². The second-order valence-electron chi connectivity index (χ2n) is 7.09. The van der Waals surface area contributed by atoms with Gasteiger partial charge in [0.15, 0.2) is 0 Å². The van der Waals surface area contributed by atoms with Crippen LogP contribution in [0.1, 0.15) is 23.7 Å². The van der Waals surface area contributed by atoms with Crippen LogP contribution >= 0.6 is 11.8 Å². The Bertz CT molecular complexity index is 1210. The highest BCUT2D eigenvalue weighted by Gasteiger charge is 2.19. The topological polar surface area (TPSA) is 144 Å². The first kappa shape index (κ1) is 24.4. The fraction of sp³-hybridized carbons (Fsp3) is 0.130. The number of hydrogen-bond donors (Lipinski definition) is 2. The maximum atomic E-state index is 12.7. The molecule has 0 heterocycles. The van der Waals surface area contributed by atoms with Crippen LogP contribution in [0.3, 0.4) is 0 Å². The highest BCUT2D eigenvalue weighted by Crippen LogP contribution is 2.29. The third kappa shape index (κ3) is 6.39. The van der Waals surface area contributed by atoms with Crippen LogP contribution in [-0.4, -0.2) is 26.9 Å². The molecule has 0 aliphatic heterocycles. The fourth-order valence-electron chi connectivity index (χ4n) is 2.96. The number of anilines is 2. The molecule has 3 aromatic rings. The SMILES string of the molecule is CCC(Sc1cccc(NC(=O)c2ccc([N+](=O)[O-])cc2)c1)C(=O)Nc1ccc([N+](=O)[O-])cc1. The van der Waals surface area contributed by atoms with Gasteiger partial charge in [0.1, 0.15) is 0 Å². The second kappa shape index (κ2) is 11.1. The quantitative estimate of drug-likeness (QED) is 0.241. The second-order valence-corrected chi connectivity index (χ2v) is 8.37. The van der Waals surface area contributed by atoms with Crippen LogP contribution in [0.25, 0.3) is 0 Å². The third-order valence-corrected chi connectivity index (χ3v) is 6.08. The molecule has 0 aliphatic rings. The highest BCUT2D eigenvalue weighted by molar-refractivity contribution is 8.00. The Balaban J connectivity index is 1.64. The van der Waals surface area contributed by atoms with Crippen molar-refractivity contribution in [2.24, 2.45) is 0 Å². The maximum absolute atomic E-state index is 12.7. The van der Waals surface area contributed by atoms with Gasteiger partial charge < -0.3 is 10.6 Å². The lowest BCUT2D eigenvalue weighted by molar-refractivity contribution is -0.385. The molecule has 0 fully saturated rings. The number of hydrogen-bond acceptors (Lipinski definition) is 7. The monoisotopic (exact) mass is 480 g/mol. The molecular weight excluding hydrogens is 460 g/mol. The molecule has 11 heteroatoms. The largest absolute Gasteiger partial charge is 0.325 e. The number of nitro groups is 2. The van der Waals surface area contributed by atoms with E-state index in [4.69, 9.17) is 0 Å². The van der Waals surface area contributed by atoms with Gasteiger partial charge in [-0.15, -0.1) is 11.8 Å². The molecule has 2 amide bonds. The van der Waals surface area contributed by atoms with E-state index in [1.54, 1.807) is 18.2 Å². The van der Waals surface area contributed by atoms with E-state index < -0.39 is 21.0 Å². The van der Waals surface area contributed by atoms with E-state index in [1.165, 1.54) is 60.3 Å². The summed E-state index contributed by atoms with van der Waals surface area (Å²) in [6.45, 7) is 1.87. The summed E-state index contributed by atoms with van der Waals surface area (Å²) in [5, 5.41) is 26.6. The van der Waals surface area contributed by atoms with Gasteiger partial charge in [0, 0.05) is 46.1 Å². The Kier molecular flexibility index (Phi) is 7.93. The van der Waals surface area contributed by atoms with Gasteiger partial charge in [0.2, 0.25) is 5.91 Å². The van der Waals surface area contributed by atoms with E-state index >= 15 is 0 Å². The van der Waals surface area contributed by atoms with Gasteiger partial charge in [0.25, 0.3) is 17.3 Å². The van der Waals surface area contributed by atoms with Crippen LogP contribution in [-0.2, 0) is 4.79 Å².